The summed E-state index contributed by atoms with van der Waals surface area (Å²) in [5.74, 6) is 0. The number of rotatable bonds is 2. The molecule has 20 heavy (non-hydrogen) atoms. The van der Waals surface area contributed by atoms with Gasteiger partial charge >= 0.3 is 0 Å². The van der Waals surface area contributed by atoms with Gasteiger partial charge in [-0.05, 0) is 24.5 Å². The van der Waals surface area contributed by atoms with E-state index < -0.39 is 10.0 Å². The van der Waals surface area contributed by atoms with Crippen LogP contribution in [-0.2, 0) is 20.2 Å². The minimum absolute atomic E-state index is 0.140. The van der Waals surface area contributed by atoms with E-state index >= 15 is 0 Å². The monoisotopic (exact) mass is 294 g/mol. The summed E-state index contributed by atoms with van der Waals surface area (Å²) in [5, 5.41) is 0. The Morgan fingerprint density at radius 3 is 2.45 bits per heavy atom. The summed E-state index contributed by atoms with van der Waals surface area (Å²) in [5.41, 5.74) is 1.77. The third kappa shape index (κ3) is 1.98. The highest BCUT2D eigenvalue weighted by molar-refractivity contribution is 7.92. The number of anilines is 1. The Balaban J connectivity index is 2.02. The van der Waals surface area contributed by atoms with Crippen LogP contribution in [0.4, 0.5) is 5.69 Å². The molecule has 2 aliphatic rings. The second-order valence-corrected chi connectivity index (χ2v) is 7.62. The second kappa shape index (κ2) is 4.48. The maximum atomic E-state index is 12.0. The Hall–Kier alpha value is -1.56. The van der Waals surface area contributed by atoms with Crippen LogP contribution in [0.5, 0.6) is 0 Å². The van der Waals surface area contributed by atoms with Crippen LogP contribution in [-0.4, -0.2) is 45.6 Å². The lowest BCUT2D eigenvalue weighted by atomic mass is 9.74. The normalized spacial score (nSPS) is 21.1. The van der Waals surface area contributed by atoms with E-state index in [0.29, 0.717) is 19.6 Å². The largest absolute Gasteiger partial charge is 0.345 e. The van der Waals surface area contributed by atoms with Gasteiger partial charge in [-0.2, -0.15) is 0 Å². The average molecular weight is 294 g/mol. The average Bonchev–Trinajstić information content (AvgIpc) is 2.75. The number of sulfonamides is 1. The summed E-state index contributed by atoms with van der Waals surface area (Å²) in [4.78, 5) is 12.6. The van der Waals surface area contributed by atoms with E-state index in [4.69, 9.17) is 0 Å². The fourth-order valence-corrected chi connectivity index (χ4v) is 4.36. The highest BCUT2D eigenvalue weighted by atomic mass is 32.2. The fourth-order valence-electron chi connectivity index (χ4n) is 3.37. The summed E-state index contributed by atoms with van der Waals surface area (Å²) in [6, 6.07) is 7.73. The van der Waals surface area contributed by atoms with Crippen molar-refractivity contribution in [3.8, 4) is 0 Å². The number of para-hydroxylation sites is 1. The van der Waals surface area contributed by atoms with Gasteiger partial charge in [-0.25, -0.2) is 8.42 Å². The van der Waals surface area contributed by atoms with Crippen molar-refractivity contribution in [2.45, 2.75) is 18.3 Å². The summed E-state index contributed by atoms with van der Waals surface area (Å²) in [6.07, 6.45) is 3.76. The second-order valence-electron chi connectivity index (χ2n) is 5.71. The molecule has 0 aliphatic carbocycles. The van der Waals surface area contributed by atoms with E-state index in [1.54, 1.807) is 4.90 Å². The number of piperidine rings is 1. The Morgan fingerprint density at radius 1 is 1.20 bits per heavy atom. The molecule has 1 saturated heterocycles. The number of likely N-dealkylation sites (tertiary alicyclic amines) is 1. The van der Waals surface area contributed by atoms with Gasteiger partial charge in [0.05, 0.1) is 11.9 Å². The molecule has 1 spiro atoms. The quantitative estimate of drug-likeness (QED) is 0.763. The molecule has 0 bridgehead atoms. The minimum atomic E-state index is -3.26. The third-order valence-corrected chi connectivity index (χ3v) is 5.62. The molecule has 0 aromatic heterocycles. The van der Waals surface area contributed by atoms with Gasteiger partial charge in [0.15, 0.2) is 0 Å². The SMILES string of the molecule is CS(=O)(=O)N1CC2(CCN(C=O)CC2)c2ccccc21. The van der Waals surface area contributed by atoms with Crippen LogP contribution in [0.15, 0.2) is 24.3 Å². The van der Waals surface area contributed by atoms with Crippen LogP contribution < -0.4 is 4.31 Å². The number of nitrogens with zero attached hydrogens (tertiary/aromatic N) is 2. The molecule has 6 heteroatoms. The maximum absolute atomic E-state index is 12.0. The summed E-state index contributed by atoms with van der Waals surface area (Å²) in [6.45, 7) is 1.88. The van der Waals surface area contributed by atoms with E-state index in [2.05, 4.69) is 0 Å². The highest BCUT2D eigenvalue weighted by Gasteiger charge is 2.46. The van der Waals surface area contributed by atoms with Crippen molar-refractivity contribution in [1.82, 2.24) is 4.90 Å². The molecule has 5 nitrogen and oxygen atoms in total. The molecule has 3 rings (SSSR count). The van der Waals surface area contributed by atoms with Gasteiger partial charge in [-0.1, -0.05) is 18.2 Å². The van der Waals surface area contributed by atoms with Gasteiger partial charge in [-0.3, -0.25) is 9.10 Å². The number of amides is 1. The Kier molecular flexibility index (Phi) is 3.01. The topological polar surface area (TPSA) is 57.7 Å². The molecule has 0 radical (unpaired) electrons. The molecule has 2 heterocycles. The first-order valence-corrected chi connectivity index (χ1v) is 8.58. The molecule has 1 aromatic carbocycles. The molecule has 1 amide bonds. The van der Waals surface area contributed by atoms with Crippen molar-refractivity contribution in [3.05, 3.63) is 29.8 Å². The number of fused-ring (bicyclic) bond motifs is 2. The van der Waals surface area contributed by atoms with Crippen LogP contribution in [0.25, 0.3) is 0 Å². The lowest BCUT2D eigenvalue weighted by Crippen LogP contribution is -2.45. The van der Waals surface area contributed by atoms with E-state index in [9.17, 15) is 13.2 Å². The predicted octanol–water partition coefficient (Wildman–Crippen LogP) is 0.956. The zero-order valence-corrected chi connectivity index (χ0v) is 12.3. The predicted molar refractivity (Wildman–Crippen MR) is 77.2 cm³/mol. The molecule has 0 N–H and O–H groups in total. The zero-order valence-electron chi connectivity index (χ0n) is 11.4. The number of carbonyl (C=O) groups excluding carboxylic acids is 1. The lowest BCUT2D eigenvalue weighted by molar-refractivity contribution is -0.119. The van der Waals surface area contributed by atoms with Gasteiger partial charge in [0, 0.05) is 25.0 Å². The van der Waals surface area contributed by atoms with Crippen LogP contribution in [0, 0.1) is 0 Å². The molecule has 0 saturated carbocycles. The van der Waals surface area contributed by atoms with Crippen molar-refractivity contribution in [2.24, 2.45) is 0 Å². The first-order valence-electron chi connectivity index (χ1n) is 6.73. The Labute approximate surface area is 119 Å². The van der Waals surface area contributed by atoms with Crippen molar-refractivity contribution in [2.75, 3.05) is 30.2 Å². The molecule has 0 atom stereocenters. The van der Waals surface area contributed by atoms with Crippen LogP contribution in [0.1, 0.15) is 18.4 Å². The third-order valence-electron chi connectivity index (χ3n) is 4.49. The smallest absolute Gasteiger partial charge is 0.232 e. The van der Waals surface area contributed by atoms with Crippen molar-refractivity contribution < 1.29 is 13.2 Å². The van der Waals surface area contributed by atoms with Crippen LogP contribution in [0.2, 0.25) is 0 Å². The number of hydrogen-bond acceptors (Lipinski definition) is 3. The van der Waals surface area contributed by atoms with E-state index in [-0.39, 0.29) is 5.41 Å². The molecule has 1 fully saturated rings. The first-order chi connectivity index (χ1) is 9.46. The van der Waals surface area contributed by atoms with E-state index in [1.165, 1.54) is 10.6 Å². The molecule has 108 valence electrons. The Morgan fingerprint density at radius 2 is 1.85 bits per heavy atom. The van der Waals surface area contributed by atoms with Gasteiger partial charge in [0.25, 0.3) is 0 Å². The summed E-state index contributed by atoms with van der Waals surface area (Å²) >= 11 is 0. The standard InChI is InChI=1S/C14H18N2O3S/c1-20(18,19)16-10-14(6-8-15(11-17)9-7-14)12-4-2-3-5-13(12)16/h2-5,11H,6-10H2,1H3. The summed E-state index contributed by atoms with van der Waals surface area (Å²) < 4.78 is 25.5. The summed E-state index contributed by atoms with van der Waals surface area (Å²) in [7, 11) is -3.26. The van der Waals surface area contributed by atoms with Gasteiger partial charge in [-0.15, -0.1) is 0 Å². The van der Waals surface area contributed by atoms with Crippen molar-refractivity contribution >= 4 is 22.1 Å². The molecular weight excluding hydrogens is 276 g/mol. The van der Waals surface area contributed by atoms with Crippen molar-refractivity contribution in [1.29, 1.82) is 0 Å². The van der Waals surface area contributed by atoms with E-state index in [1.807, 2.05) is 24.3 Å². The molecule has 2 aliphatic heterocycles. The minimum Gasteiger partial charge on any atom is -0.345 e. The fraction of sp³-hybridized carbons (Fsp3) is 0.500. The van der Waals surface area contributed by atoms with Crippen molar-refractivity contribution in [3.63, 3.8) is 0 Å². The first kappa shape index (κ1) is 13.4. The molecule has 0 unspecified atom stereocenters. The number of carbonyl (C=O) groups is 1. The molecule has 1 aromatic rings. The van der Waals surface area contributed by atoms with Gasteiger partial charge in [0.1, 0.15) is 0 Å². The zero-order chi connectivity index (χ0) is 14.4. The van der Waals surface area contributed by atoms with Crippen LogP contribution in [0.3, 0.4) is 0 Å². The van der Waals surface area contributed by atoms with Gasteiger partial charge < -0.3 is 4.90 Å². The Bertz CT molecular complexity index is 634. The molecular formula is C14H18N2O3S. The van der Waals surface area contributed by atoms with Crippen LogP contribution >= 0.6 is 0 Å². The highest BCUT2D eigenvalue weighted by Crippen LogP contribution is 2.47. The van der Waals surface area contributed by atoms with E-state index in [0.717, 1.165) is 30.5 Å². The lowest BCUT2D eigenvalue weighted by Gasteiger charge is -2.38. The maximum Gasteiger partial charge on any atom is 0.232 e. The van der Waals surface area contributed by atoms with Gasteiger partial charge in [0.2, 0.25) is 16.4 Å². The number of benzene rings is 1. The number of hydrogen-bond donors (Lipinski definition) is 0.